The lowest BCUT2D eigenvalue weighted by atomic mass is 9.79. The van der Waals surface area contributed by atoms with E-state index in [0.717, 1.165) is 38.7 Å². The Balaban J connectivity index is 1.81. The summed E-state index contributed by atoms with van der Waals surface area (Å²) in [7, 11) is 0. The summed E-state index contributed by atoms with van der Waals surface area (Å²) >= 11 is 0. The van der Waals surface area contributed by atoms with Gasteiger partial charge in [0.05, 0.1) is 12.6 Å². The van der Waals surface area contributed by atoms with Crippen molar-refractivity contribution >= 4 is 5.91 Å². The summed E-state index contributed by atoms with van der Waals surface area (Å²) in [6.45, 7) is 3.68. The molecule has 0 aromatic carbocycles. The Bertz CT molecular complexity index is 254. The zero-order valence-electron chi connectivity index (χ0n) is 10.7. The average Bonchev–Trinajstić information content (AvgIpc) is 2.29. The van der Waals surface area contributed by atoms with Crippen molar-refractivity contribution in [3.63, 3.8) is 0 Å². The Morgan fingerprint density at radius 2 is 2.18 bits per heavy atom. The molecule has 2 fully saturated rings. The highest BCUT2D eigenvalue weighted by molar-refractivity contribution is 5.79. The number of carbonyl (C=O) groups excluding carboxylic acids is 1. The van der Waals surface area contributed by atoms with Gasteiger partial charge in [-0.05, 0) is 38.0 Å². The van der Waals surface area contributed by atoms with Crippen LogP contribution in [0.2, 0.25) is 0 Å². The zero-order chi connectivity index (χ0) is 12.3. The molecular weight excluding hydrogens is 216 g/mol. The van der Waals surface area contributed by atoms with Crippen molar-refractivity contribution in [1.29, 1.82) is 0 Å². The summed E-state index contributed by atoms with van der Waals surface area (Å²) in [5.74, 6) is 0.857. The van der Waals surface area contributed by atoms with E-state index in [-0.39, 0.29) is 23.9 Å². The summed E-state index contributed by atoms with van der Waals surface area (Å²) in [4.78, 5) is 12.1. The number of carbonyl (C=O) groups is 1. The molecule has 4 unspecified atom stereocenters. The molecule has 4 heteroatoms. The van der Waals surface area contributed by atoms with E-state index in [1.165, 1.54) is 0 Å². The highest BCUT2D eigenvalue weighted by atomic mass is 16.5. The van der Waals surface area contributed by atoms with Crippen LogP contribution in [0.15, 0.2) is 0 Å². The van der Waals surface area contributed by atoms with Crippen molar-refractivity contribution in [3.05, 3.63) is 0 Å². The van der Waals surface area contributed by atoms with Gasteiger partial charge >= 0.3 is 0 Å². The predicted octanol–water partition coefficient (Wildman–Crippen LogP) is 1.05. The summed E-state index contributed by atoms with van der Waals surface area (Å²) in [6.07, 6.45) is 4.96. The number of rotatable bonds is 2. The van der Waals surface area contributed by atoms with Gasteiger partial charge in [-0.3, -0.25) is 4.79 Å². The van der Waals surface area contributed by atoms with Gasteiger partial charge in [-0.2, -0.15) is 0 Å². The minimum Gasteiger partial charge on any atom is -0.379 e. The quantitative estimate of drug-likeness (QED) is 0.758. The van der Waals surface area contributed by atoms with E-state index in [0.29, 0.717) is 12.5 Å². The lowest BCUT2D eigenvalue weighted by Crippen LogP contribution is -2.46. The average molecular weight is 240 g/mol. The van der Waals surface area contributed by atoms with E-state index in [1.54, 1.807) is 0 Å². The Morgan fingerprint density at radius 1 is 1.35 bits per heavy atom. The molecule has 1 saturated carbocycles. The predicted molar refractivity (Wildman–Crippen MR) is 66.5 cm³/mol. The maximum absolute atomic E-state index is 12.1. The van der Waals surface area contributed by atoms with Gasteiger partial charge in [-0.25, -0.2) is 0 Å². The molecule has 2 aliphatic rings. The van der Waals surface area contributed by atoms with Gasteiger partial charge in [0.1, 0.15) is 0 Å². The Labute approximate surface area is 103 Å². The third kappa shape index (κ3) is 3.68. The summed E-state index contributed by atoms with van der Waals surface area (Å²) in [5.41, 5.74) is 5.98. The fourth-order valence-corrected chi connectivity index (χ4v) is 3.04. The fourth-order valence-electron chi connectivity index (χ4n) is 3.04. The van der Waals surface area contributed by atoms with Crippen LogP contribution in [0.4, 0.5) is 0 Å². The first kappa shape index (κ1) is 12.8. The molecule has 0 bridgehead atoms. The van der Waals surface area contributed by atoms with Crippen LogP contribution in [0.25, 0.3) is 0 Å². The normalized spacial score (nSPS) is 38.7. The maximum atomic E-state index is 12.1. The Morgan fingerprint density at radius 3 is 2.82 bits per heavy atom. The fraction of sp³-hybridized carbons (Fsp3) is 0.923. The molecule has 1 saturated heterocycles. The molecule has 1 heterocycles. The number of hydrogen-bond acceptors (Lipinski definition) is 3. The highest BCUT2D eigenvalue weighted by Gasteiger charge is 2.30. The van der Waals surface area contributed by atoms with Crippen LogP contribution in [0, 0.1) is 11.8 Å². The van der Waals surface area contributed by atoms with E-state index in [9.17, 15) is 4.79 Å². The molecule has 4 nitrogen and oxygen atoms in total. The Kier molecular flexibility index (Phi) is 4.40. The van der Waals surface area contributed by atoms with Crippen LogP contribution in [-0.4, -0.2) is 31.2 Å². The molecule has 98 valence electrons. The molecule has 17 heavy (non-hydrogen) atoms. The van der Waals surface area contributed by atoms with E-state index in [4.69, 9.17) is 10.5 Å². The third-order valence-corrected chi connectivity index (χ3v) is 3.86. The minimum absolute atomic E-state index is 0.107. The third-order valence-electron chi connectivity index (χ3n) is 3.86. The van der Waals surface area contributed by atoms with Crippen molar-refractivity contribution in [2.75, 3.05) is 13.2 Å². The highest BCUT2D eigenvalue weighted by Crippen LogP contribution is 2.28. The van der Waals surface area contributed by atoms with E-state index >= 15 is 0 Å². The topological polar surface area (TPSA) is 64.4 Å². The molecule has 0 spiro atoms. The molecule has 1 aliphatic carbocycles. The van der Waals surface area contributed by atoms with Crippen LogP contribution in [0.5, 0.6) is 0 Å². The van der Waals surface area contributed by atoms with Gasteiger partial charge in [-0.1, -0.05) is 6.92 Å². The number of amides is 1. The lowest BCUT2D eigenvalue weighted by Gasteiger charge is -2.32. The largest absolute Gasteiger partial charge is 0.379 e. The van der Waals surface area contributed by atoms with Crippen molar-refractivity contribution in [1.82, 2.24) is 5.32 Å². The second-order valence-electron chi connectivity index (χ2n) is 5.69. The zero-order valence-corrected chi connectivity index (χ0v) is 10.7. The van der Waals surface area contributed by atoms with Gasteiger partial charge in [0.15, 0.2) is 0 Å². The standard InChI is InChI=1S/C13H24N2O2/c1-9-5-10(7-11(14)6-9)13(16)15-12-3-2-4-17-8-12/h9-12H,2-8,14H2,1H3,(H,15,16). The first-order valence-electron chi connectivity index (χ1n) is 6.79. The van der Waals surface area contributed by atoms with Crippen LogP contribution < -0.4 is 11.1 Å². The van der Waals surface area contributed by atoms with Gasteiger partial charge in [0.2, 0.25) is 5.91 Å². The van der Waals surface area contributed by atoms with Crippen LogP contribution >= 0.6 is 0 Å². The van der Waals surface area contributed by atoms with Gasteiger partial charge in [0.25, 0.3) is 0 Å². The second-order valence-corrected chi connectivity index (χ2v) is 5.69. The number of nitrogens with two attached hydrogens (primary N) is 1. The van der Waals surface area contributed by atoms with Crippen molar-refractivity contribution in [2.24, 2.45) is 17.6 Å². The van der Waals surface area contributed by atoms with Crippen LogP contribution in [0.3, 0.4) is 0 Å². The van der Waals surface area contributed by atoms with Crippen molar-refractivity contribution in [3.8, 4) is 0 Å². The maximum Gasteiger partial charge on any atom is 0.223 e. The molecule has 1 aliphatic heterocycles. The first-order valence-corrected chi connectivity index (χ1v) is 6.79. The Hall–Kier alpha value is -0.610. The summed E-state index contributed by atoms with van der Waals surface area (Å²) < 4.78 is 5.37. The molecule has 0 radical (unpaired) electrons. The number of hydrogen-bond donors (Lipinski definition) is 2. The lowest BCUT2D eigenvalue weighted by molar-refractivity contribution is -0.128. The molecule has 0 aromatic heterocycles. The van der Waals surface area contributed by atoms with E-state index in [2.05, 4.69) is 12.2 Å². The molecule has 1 amide bonds. The number of nitrogens with one attached hydrogen (secondary N) is 1. The van der Waals surface area contributed by atoms with Gasteiger partial charge < -0.3 is 15.8 Å². The van der Waals surface area contributed by atoms with E-state index < -0.39 is 0 Å². The SMILES string of the molecule is CC1CC(N)CC(C(=O)NC2CCCOC2)C1. The van der Waals surface area contributed by atoms with Crippen molar-refractivity contribution in [2.45, 2.75) is 51.1 Å². The monoisotopic (exact) mass is 240 g/mol. The first-order chi connectivity index (χ1) is 8.15. The molecule has 3 N–H and O–H groups in total. The molecule has 0 aromatic rings. The van der Waals surface area contributed by atoms with Gasteiger partial charge in [-0.15, -0.1) is 0 Å². The van der Waals surface area contributed by atoms with Crippen LogP contribution in [-0.2, 0) is 9.53 Å². The molecule has 4 atom stereocenters. The summed E-state index contributed by atoms with van der Waals surface area (Å²) in [5, 5.41) is 3.11. The summed E-state index contributed by atoms with van der Waals surface area (Å²) in [6, 6.07) is 0.404. The minimum atomic E-state index is 0.107. The van der Waals surface area contributed by atoms with E-state index in [1.807, 2.05) is 0 Å². The second kappa shape index (κ2) is 5.83. The smallest absolute Gasteiger partial charge is 0.223 e. The number of ether oxygens (including phenoxy) is 1. The van der Waals surface area contributed by atoms with Crippen LogP contribution in [0.1, 0.15) is 39.0 Å². The molecule has 2 rings (SSSR count). The molecular formula is C13H24N2O2. The van der Waals surface area contributed by atoms with Gasteiger partial charge in [0, 0.05) is 18.6 Å². The van der Waals surface area contributed by atoms with Crippen molar-refractivity contribution < 1.29 is 9.53 Å².